The van der Waals surface area contributed by atoms with Gasteiger partial charge in [0.1, 0.15) is 0 Å². The van der Waals surface area contributed by atoms with Crippen molar-refractivity contribution in [3.63, 3.8) is 0 Å². The summed E-state index contributed by atoms with van der Waals surface area (Å²) >= 11 is 1.83. The van der Waals surface area contributed by atoms with Crippen molar-refractivity contribution in [3.8, 4) is 11.3 Å². The number of aryl methyl sites for hydroxylation is 1. The molecule has 2 unspecified atom stereocenters. The quantitative estimate of drug-likeness (QED) is 0.172. The first kappa shape index (κ1) is 20.2. The molecule has 2 nitrogen and oxygen atoms in total. The van der Waals surface area contributed by atoms with Crippen LogP contribution >= 0.6 is 11.3 Å². The van der Waals surface area contributed by atoms with E-state index in [-0.39, 0.29) is 38.2 Å². The van der Waals surface area contributed by atoms with Crippen LogP contribution in [-0.2, 0) is 20.1 Å². The third-order valence-electron chi connectivity index (χ3n) is 5.61. The van der Waals surface area contributed by atoms with E-state index >= 15 is 0 Å². The van der Waals surface area contributed by atoms with Gasteiger partial charge in [-0.05, 0) is 54.2 Å². The van der Waals surface area contributed by atoms with Crippen molar-refractivity contribution in [2.24, 2.45) is 4.99 Å². The molecule has 2 aliphatic rings. The normalized spacial score (nSPS) is 21.3. The van der Waals surface area contributed by atoms with Crippen molar-refractivity contribution in [2.45, 2.75) is 38.5 Å². The van der Waals surface area contributed by atoms with Gasteiger partial charge >= 0.3 is 0 Å². The first-order chi connectivity index (χ1) is 19.2. The van der Waals surface area contributed by atoms with E-state index < -0.39 is 12.8 Å². The molecule has 2 aromatic heterocycles. The number of aromatic nitrogens is 1. The Hall–Kier alpha value is -2.91. The van der Waals surface area contributed by atoms with Crippen molar-refractivity contribution in [2.75, 3.05) is 0 Å². The zero-order valence-corrected chi connectivity index (χ0v) is 23.0. The molecule has 7 rings (SSSR count). The monoisotopic (exact) mass is 670 g/mol. The van der Waals surface area contributed by atoms with Crippen LogP contribution in [0.4, 0.5) is 0 Å². The maximum Gasteiger partial charge on any atom is 0.0836 e. The SMILES string of the molecule is [2H]C1(c2ccc(-c3[c-]cc(C)cc3)nc2)CC1.[2H]C1=C([2H])C([2H])C([2H])C=N1.[Ir].[c-]1ccc2c(c1)sc1ccccc12. The number of fused-ring (bicyclic) bond motifs is 3. The Bertz CT molecular complexity index is 1630. The predicted molar refractivity (Wildman–Crippen MR) is 150 cm³/mol. The molecule has 1 fully saturated rings. The minimum absolute atomic E-state index is 0. The topological polar surface area (TPSA) is 25.2 Å². The molecule has 0 spiro atoms. The third-order valence-corrected chi connectivity index (χ3v) is 6.74. The van der Waals surface area contributed by atoms with Gasteiger partial charge in [0.2, 0.25) is 0 Å². The number of hydrogen-bond acceptors (Lipinski definition) is 3. The summed E-state index contributed by atoms with van der Waals surface area (Å²) in [6, 6.07) is 30.9. The molecule has 1 saturated carbocycles. The van der Waals surface area contributed by atoms with E-state index in [0.717, 1.165) is 29.7 Å². The number of benzene rings is 3. The van der Waals surface area contributed by atoms with E-state index in [1.807, 2.05) is 54.8 Å². The van der Waals surface area contributed by atoms with Crippen molar-refractivity contribution in [3.05, 3.63) is 114 Å². The zero-order chi connectivity index (χ0) is 28.3. The standard InChI is InChI=1S/C15H14N.C12H7S.C5H7N.Ir/c1-11-2-4-13(5-3-11)15-9-8-14(10-16-15)12-6-7-12;1-3-7-11-9(5-1)10-6-2-4-8-12(10)13-11;1-2-4-6-5-3-1;/h2-4,8-10,12H,6-7H2,1H3;1-3,5-8H;2,4-5H,1,3H2;/q2*-1;;/i12D;;1D,2D,3D,4D;. The number of aliphatic imine (C=N–C) groups is 1. The molecular weight excluding hydrogens is 637 g/mol. The number of hydrogen-bond donors (Lipinski definition) is 0. The second kappa shape index (κ2) is 12.9. The number of thiophene rings is 1. The van der Waals surface area contributed by atoms with Gasteiger partial charge in [-0.25, -0.2) is 11.3 Å². The third kappa shape index (κ3) is 6.85. The van der Waals surface area contributed by atoms with E-state index in [4.69, 9.17) is 6.85 Å². The molecule has 1 aliphatic carbocycles. The van der Waals surface area contributed by atoms with Crippen LogP contribution in [0.1, 0.15) is 49.5 Å². The zero-order valence-electron chi connectivity index (χ0n) is 24.8. The Labute approximate surface area is 238 Å². The Morgan fingerprint density at radius 2 is 1.86 bits per heavy atom. The first-order valence-electron chi connectivity index (χ1n) is 14.2. The van der Waals surface area contributed by atoms with Crippen LogP contribution in [0.15, 0.2) is 96.2 Å². The number of rotatable bonds is 2. The largest absolute Gasteiger partial charge is 0.304 e. The Morgan fingerprint density at radius 3 is 2.61 bits per heavy atom. The number of pyridine rings is 1. The predicted octanol–water partition coefficient (Wildman–Crippen LogP) is 8.95. The van der Waals surface area contributed by atoms with Gasteiger partial charge in [0.05, 0.1) is 2.74 Å². The van der Waals surface area contributed by atoms with E-state index in [2.05, 4.69) is 64.6 Å². The van der Waals surface area contributed by atoms with Crippen LogP contribution in [0.25, 0.3) is 31.4 Å². The molecule has 4 heteroatoms. The van der Waals surface area contributed by atoms with Gasteiger partial charge in [-0.15, -0.1) is 40.8 Å². The number of allylic oxidation sites excluding steroid dienone is 1. The minimum Gasteiger partial charge on any atom is -0.304 e. The molecular formula is C32H28IrN2S-2. The Morgan fingerprint density at radius 1 is 1.00 bits per heavy atom. The molecule has 0 N–H and O–H groups in total. The Kier molecular flexibility index (Phi) is 7.22. The molecule has 3 aromatic carbocycles. The maximum atomic E-state index is 8.04. The van der Waals surface area contributed by atoms with Crippen LogP contribution in [0.3, 0.4) is 0 Å². The van der Waals surface area contributed by atoms with Gasteiger partial charge in [-0.2, -0.15) is 24.3 Å². The van der Waals surface area contributed by atoms with Crippen molar-refractivity contribution >= 4 is 37.7 Å². The van der Waals surface area contributed by atoms with Gasteiger partial charge in [0, 0.05) is 47.5 Å². The molecule has 3 heterocycles. The molecule has 0 saturated heterocycles. The van der Waals surface area contributed by atoms with Gasteiger partial charge in [0.15, 0.2) is 0 Å². The second-order valence-electron chi connectivity index (χ2n) is 8.23. The smallest absolute Gasteiger partial charge is 0.0836 e. The summed E-state index contributed by atoms with van der Waals surface area (Å²) in [6.07, 6.45) is 3.09. The fourth-order valence-corrected chi connectivity index (χ4v) is 4.73. The summed E-state index contributed by atoms with van der Waals surface area (Å²) in [6.45, 7) is 2.05. The van der Waals surface area contributed by atoms with E-state index in [0.29, 0.717) is 0 Å². The van der Waals surface area contributed by atoms with Gasteiger partial charge in [-0.1, -0.05) is 48.0 Å². The van der Waals surface area contributed by atoms with Crippen LogP contribution in [0.5, 0.6) is 0 Å². The maximum absolute atomic E-state index is 8.04. The molecule has 1 aliphatic heterocycles. The summed E-state index contributed by atoms with van der Waals surface area (Å²) in [7, 11) is 0. The van der Waals surface area contributed by atoms with Crippen LogP contribution in [-0.4, -0.2) is 11.2 Å². The summed E-state index contributed by atoms with van der Waals surface area (Å²) < 4.78 is 39.1. The molecule has 183 valence electrons. The fourth-order valence-electron chi connectivity index (χ4n) is 3.64. The van der Waals surface area contributed by atoms with Crippen molar-refractivity contribution in [1.29, 1.82) is 0 Å². The fraction of sp³-hybridized carbons (Fsp3) is 0.188. The van der Waals surface area contributed by atoms with Gasteiger partial charge in [0.25, 0.3) is 0 Å². The molecule has 1 radical (unpaired) electrons. The summed E-state index contributed by atoms with van der Waals surface area (Å²) in [5, 5.41) is 2.70. The Balaban J connectivity index is 0.000000145. The van der Waals surface area contributed by atoms with Crippen LogP contribution in [0.2, 0.25) is 0 Å². The molecule has 0 bridgehead atoms. The summed E-state index contributed by atoms with van der Waals surface area (Å²) in [5.74, 6) is -0.345. The first-order valence-corrected chi connectivity index (χ1v) is 12.4. The average Bonchev–Trinajstić information content (AvgIpc) is 3.63. The summed E-state index contributed by atoms with van der Waals surface area (Å²) in [4.78, 5) is 7.90. The van der Waals surface area contributed by atoms with E-state index in [9.17, 15) is 0 Å². The van der Waals surface area contributed by atoms with E-state index in [1.165, 1.54) is 32.0 Å². The molecule has 36 heavy (non-hydrogen) atoms. The van der Waals surface area contributed by atoms with Crippen molar-refractivity contribution in [1.82, 2.24) is 4.98 Å². The van der Waals surface area contributed by atoms with Gasteiger partial charge < -0.3 is 4.98 Å². The molecule has 5 aromatic rings. The minimum atomic E-state index is -0.926. The summed E-state index contributed by atoms with van der Waals surface area (Å²) in [5.41, 5.74) is 4.18. The van der Waals surface area contributed by atoms with E-state index in [1.54, 1.807) is 0 Å². The molecule has 0 amide bonds. The second-order valence-corrected chi connectivity index (χ2v) is 9.31. The van der Waals surface area contributed by atoms with Gasteiger partial charge in [-0.3, -0.25) is 4.99 Å². The number of nitrogens with zero attached hydrogens (tertiary/aromatic N) is 2. The average molecular weight is 670 g/mol. The van der Waals surface area contributed by atoms with Crippen molar-refractivity contribution < 1.29 is 27.0 Å². The van der Waals surface area contributed by atoms with Crippen LogP contribution < -0.4 is 0 Å². The van der Waals surface area contributed by atoms with Crippen LogP contribution in [0, 0.1) is 19.1 Å². The molecule has 2 atom stereocenters.